The summed E-state index contributed by atoms with van der Waals surface area (Å²) in [5, 5.41) is 7.00. The Morgan fingerprint density at radius 1 is 1.37 bits per heavy atom. The van der Waals surface area contributed by atoms with E-state index in [-0.39, 0.29) is 11.5 Å². The second kappa shape index (κ2) is 4.73. The van der Waals surface area contributed by atoms with Crippen molar-refractivity contribution in [3.8, 4) is 0 Å². The van der Waals surface area contributed by atoms with Crippen molar-refractivity contribution >= 4 is 23.4 Å². The van der Waals surface area contributed by atoms with Crippen LogP contribution < -0.4 is 11.3 Å². The topological polar surface area (TPSA) is 102 Å². The van der Waals surface area contributed by atoms with Gasteiger partial charge in [0.2, 0.25) is 11.1 Å². The molecule has 3 N–H and O–H groups in total. The Bertz CT molecular complexity index is 780. The highest BCUT2D eigenvalue weighted by atomic mass is 32.2. The molecule has 3 heterocycles. The minimum atomic E-state index is -0.101. The van der Waals surface area contributed by atoms with E-state index in [0.29, 0.717) is 22.3 Å². The number of anilines is 1. The van der Waals surface area contributed by atoms with E-state index in [1.807, 2.05) is 6.07 Å². The zero-order valence-electron chi connectivity index (χ0n) is 9.78. The minimum Gasteiger partial charge on any atom is -0.368 e. The van der Waals surface area contributed by atoms with Gasteiger partial charge < -0.3 is 5.73 Å². The lowest BCUT2D eigenvalue weighted by Crippen LogP contribution is -2.14. The number of nitrogens with two attached hydrogens (primary N) is 1. The number of fused-ring (bicyclic) bond motifs is 1. The number of aromatic nitrogens is 5. The molecule has 8 heteroatoms. The van der Waals surface area contributed by atoms with E-state index in [9.17, 15) is 4.79 Å². The average Bonchev–Trinajstić information content (AvgIpc) is 2.82. The molecule has 0 bridgehead atoms. The zero-order chi connectivity index (χ0) is 13.2. The maximum absolute atomic E-state index is 11.9. The summed E-state index contributed by atoms with van der Waals surface area (Å²) < 4.78 is 1.50. The number of aromatic amines is 1. The molecule has 0 aliphatic rings. The average molecular weight is 274 g/mol. The van der Waals surface area contributed by atoms with Gasteiger partial charge in [-0.3, -0.25) is 9.20 Å². The molecule has 3 aromatic rings. The number of pyridine rings is 1. The monoisotopic (exact) mass is 274 g/mol. The molecule has 0 saturated carbocycles. The summed E-state index contributed by atoms with van der Waals surface area (Å²) in [6.45, 7) is 0. The number of thioether (sulfide) groups is 1. The van der Waals surface area contributed by atoms with E-state index in [1.165, 1.54) is 22.2 Å². The predicted molar refractivity (Wildman–Crippen MR) is 71.8 cm³/mol. The lowest BCUT2D eigenvalue weighted by atomic mass is 10.4. The SMILES string of the molecule is Nc1nc(SCc2cc(=O)n3ccccc3n2)n[nH]1. The van der Waals surface area contributed by atoms with E-state index in [1.54, 1.807) is 18.3 Å². The first-order valence-corrected chi connectivity index (χ1v) is 6.49. The van der Waals surface area contributed by atoms with Crippen molar-refractivity contribution in [2.45, 2.75) is 10.9 Å². The van der Waals surface area contributed by atoms with Crippen LogP contribution >= 0.6 is 11.8 Å². The quantitative estimate of drug-likeness (QED) is 0.681. The first-order valence-electron chi connectivity index (χ1n) is 5.50. The Morgan fingerprint density at radius 3 is 3.05 bits per heavy atom. The molecular formula is C11H10N6OS. The van der Waals surface area contributed by atoms with Gasteiger partial charge in [-0.2, -0.15) is 4.98 Å². The highest BCUT2D eigenvalue weighted by Gasteiger charge is 2.05. The molecule has 0 radical (unpaired) electrons. The number of nitrogen functional groups attached to an aromatic ring is 1. The van der Waals surface area contributed by atoms with Crippen LogP contribution in [-0.4, -0.2) is 24.6 Å². The van der Waals surface area contributed by atoms with Crippen molar-refractivity contribution < 1.29 is 0 Å². The van der Waals surface area contributed by atoms with Crippen molar-refractivity contribution in [2.24, 2.45) is 0 Å². The molecule has 0 aromatic carbocycles. The first-order chi connectivity index (χ1) is 9.22. The van der Waals surface area contributed by atoms with Crippen molar-refractivity contribution in [3.05, 3.63) is 46.5 Å². The van der Waals surface area contributed by atoms with Gasteiger partial charge in [0.25, 0.3) is 5.56 Å². The molecule has 7 nitrogen and oxygen atoms in total. The molecule has 3 rings (SSSR count). The van der Waals surface area contributed by atoms with Crippen LogP contribution in [0.15, 0.2) is 40.4 Å². The summed E-state index contributed by atoms with van der Waals surface area (Å²) in [5.74, 6) is 0.784. The Balaban J connectivity index is 1.87. The summed E-state index contributed by atoms with van der Waals surface area (Å²) in [5.41, 5.74) is 6.64. The molecule has 0 fully saturated rings. The van der Waals surface area contributed by atoms with Crippen molar-refractivity contribution in [3.63, 3.8) is 0 Å². The van der Waals surface area contributed by atoms with Gasteiger partial charge in [-0.15, -0.1) is 5.10 Å². The fourth-order valence-electron chi connectivity index (χ4n) is 1.64. The van der Waals surface area contributed by atoms with Crippen LogP contribution in [0.5, 0.6) is 0 Å². The Kier molecular flexibility index (Phi) is 2.92. The van der Waals surface area contributed by atoms with Crippen LogP contribution in [-0.2, 0) is 5.75 Å². The second-order valence-corrected chi connectivity index (χ2v) is 4.75. The van der Waals surface area contributed by atoms with E-state index >= 15 is 0 Å². The number of hydrogen-bond acceptors (Lipinski definition) is 6. The summed E-state index contributed by atoms with van der Waals surface area (Å²) in [6.07, 6.45) is 1.69. The number of nitrogens with zero attached hydrogens (tertiary/aromatic N) is 4. The van der Waals surface area contributed by atoms with Crippen LogP contribution in [0.25, 0.3) is 5.65 Å². The summed E-state index contributed by atoms with van der Waals surface area (Å²) in [7, 11) is 0. The third-order valence-corrected chi connectivity index (χ3v) is 3.34. The maximum atomic E-state index is 11.9. The van der Waals surface area contributed by atoms with Crippen LogP contribution in [0.4, 0.5) is 5.95 Å². The fourth-order valence-corrected chi connectivity index (χ4v) is 2.34. The highest BCUT2D eigenvalue weighted by molar-refractivity contribution is 7.98. The summed E-state index contributed by atoms with van der Waals surface area (Å²) >= 11 is 1.37. The van der Waals surface area contributed by atoms with Gasteiger partial charge in [0.1, 0.15) is 5.65 Å². The Hall–Kier alpha value is -2.35. The van der Waals surface area contributed by atoms with Gasteiger partial charge in [0.05, 0.1) is 5.69 Å². The van der Waals surface area contributed by atoms with Crippen molar-refractivity contribution in [1.29, 1.82) is 0 Å². The van der Waals surface area contributed by atoms with Crippen LogP contribution in [0.3, 0.4) is 0 Å². The smallest absolute Gasteiger partial charge is 0.258 e. The Morgan fingerprint density at radius 2 is 2.26 bits per heavy atom. The van der Waals surface area contributed by atoms with Crippen LogP contribution in [0.2, 0.25) is 0 Å². The number of nitrogens with one attached hydrogen (secondary N) is 1. The van der Waals surface area contributed by atoms with Gasteiger partial charge in [-0.1, -0.05) is 17.8 Å². The Labute approximate surface area is 111 Å². The molecule has 0 saturated heterocycles. The second-order valence-electron chi connectivity index (χ2n) is 3.81. The number of rotatable bonds is 3. The van der Waals surface area contributed by atoms with Gasteiger partial charge in [-0.25, -0.2) is 10.1 Å². The molecule has 0 spiro atoms. The summed E-state index contributed by atoms with van der Waals surface area (Å²) in [6, 6.07) is 6.94. The molecule has 0 aliphatic carbocycles. The van der Waals surface area contributed by atoms with Crippen molar-refractivity contribution in [1.82, 2.24) is 24.6 Å². The molecule has 3 aromatic heterocycles. The lowest BCUT2D eigenvalue weighted by Gasteiger charge is -2.02. The normalized spacial score (nSPS) is 10.9. The van der Waals surface area contributed by atoms with E-state index < -0.39 is 0 Å². The molecule has 0 aliphatic heterocycles. The molecule has 0 atom stereocenters. The van der Waals surface area contributed by atoms with E-state index in [2.05, 4.69) is 20.2 Å². The highest BCUT2D eigenvalue weighted by Crippen LogP contribution is 2.17. The standard InChI is InChI=1S/C11H10N6OS/c12-10-14-11(16-15-10)19-6-7-5-9(18)17-4-2-1-3-8(17)13-7/h1-5H,6H2,(H3,12,14,15,16). The minimum absolute atomic E-state index is 0.101. The third-order valence-electron chi connectivity index (χ3n) is 2.46. The number of hydrogen-bond donors (Lipinski definition) is 2. The molecular weight excluding hydrogens is 264 g/mol. The molecule has 96 valence electrons. The third kappa shape index (κ3) is 2.43. The van der Waals surface area contributed by atoms with Crippen LogP contribution in [0, 0.1) is 0 Å². The first kappa shape index (κ1) is 11.7. The van der Waals surface area contributed by atoms with Crippen LogP contribution in [0.1, 0.15) is 5.69 Å². The molecule has 0 amide bonds. The van der Waals surface area contributed by atoms with Crippen molar-refractivity contribution in [2.75, 3.05) is 5.73 Å². The van der Waals surface area contributed by atoms with E-state index in [4.69, 9.17) is 5.73 Å². The van der Waals surface area contributed by atoms with Gasteiger partial charge in [0, 0.05) is 18.0 Å². The zero-order valence-corrected chi connectivity index (χ0v) is 10.6. The molecule has 19 heavy (non-hydrogen) atoms. The van der Waals surface area contributed by atoms with E-state index in [0.717, 1.165) is 0 Å². The van der Waals surface area contributed by atoms with Gasteiger partial charge >= 0.3 is 0 Å². The predicted octanol–water partition coefficient (Wildman–Crippen LogP) is 0.687. The largest absolute Gasteiger partial charge is 0.368 e. The van der Waals surface area contributed by atoms with Gasteiger partial charge in [-0.05, 0) is 12.1 Å². The lowest BCUT2D eigenvalue weighted by molar-refractivity contribution is 0.968. The summed E-state index contributed by atoms with van der Waals surface area (Å²) in [4.78, 5) is 20.2. The molecule has 0 unspecified atom stereocenters. The number of H-pyrrole nitrogens is 1. The fraction of sp³-hybridized carbons (Fsp3) is 0.0909. The maximum Gasteiger partial charge on any atom is 0.258 e. The van der Waals surface area contributed by atoms with Gasteiger partial charge in [0.15, 0.2) is 0 Å².